The lowest BCUT2D eigenvalue weighted by Crippen LogP contribution is -2.24. The molecular formula is C24H27N3O4. The Balaban J connectivity index is 0.00000107. The predicted molar refractivity (Wildman–Crippen MR) is 118 cm³/mol. The fraction of sp³-hybridized carbons (Fsp3) is 0.250. The van der Waals surface area contributed by atoms with E-state index in [-0.39, 0.29) is 5.69 Å². The monoisotopic (exact) mass is 421 g/mol. The number of aromatic nitrogens is 2. The van der Waals surface area contributed by atoms with Crippen LogP contribution in [0.2, 0.25) is 0 Å². The summed E-state index contributed by atoms with van der Waals surface area (Å²) in [4.78, 5) is 33.7. The third-order valence-corrected chi connectivity index (χ3v) is 4.17. The zero-order chi connectivity index (χ0) is 22.5. The van der Waals surface area contributed by atoms with Gasteiger partial charge in [-0.1, -0.05) is 42.5 Å². The maximum Gasteiger partial charge on any atom is 0.356 e. The zero-order valence-corrected chi connectivity index (χ0v) is 18.0. The Labute approximate surface area is 182 Å². The Morgan fingerprint density at radius 3 is 2.06 bits per heavy atom. The van der Waals surface area contributed by atoms with Crippen molar-refractivity contribution in [2.24, 2.45) is 0 Å². The van der Waals surface area contributed by atoms with Crippen molar-refractivity contribution >= 4 is 12.3 Å². The van der Waals surface area contributed by atoms with Crippen LogP contribution in [0.1, 0.15) is 37.9 Å². The summed E-state index contributed by atoms with van der Waals surface area (Å²) >= 11 is 0. The molecule has 7 nitrogen and oxygen atoms in total. The lowest BCUT2D eigenvalue weighted by atomic mass is 10.2. The Kier molecular flexibility index (Phi) is 10.0. The average Bonchev–Trinajstić information content (AvgIpc) is 2.80. The van der Waals surface area contributed by atoms with Gasteiger partial charge in [0.15, 0.2) is 6.29 Å². The first kappa shape index (κ1) is 23.9. The summed E-state index contributed by atoms with van der Waals surface area (Å²) in [5, 5.41) is 0. The van der Waals surface area contributed by atoms with E-state index in [9.17, 15) is 9.59 Å². The lowest BCUT2D eigenvalue weighted by Gasteiger charge is -2.22. The molecule has 0 N–H and O–H groups in total. The molecule has 3 rings (SSSR count). The van der Waals surface area contributed by atoms with Gasteiger partial charge in [-0.3, -0.25) is 9.69 Å². The second-order valence-corrected chi connectivity index (χ2v) is 6.72. The molecule has 2 aromatic heterocycles. The number of aldehydes is 1. The average molecular weight is 421 g/mol. The van der Waals surface area contributed by atoms with Gasteiger partial charge in [0.1, 0.15) is 11.4 Å². The molecule has 0 amide bonds. The standard InChI is InChI=1S/C22H21N3O3.C2H6O/c1-28-22(27)21-12-6-10-19(24-21)15-25(13-17-7-3-2-4-8-17)14-18-9-5-11-20(16-26)23-18;1-3-2/h2-12,16H,13-15H2,1H3;1-2H3. The first-order chi connectivity index (χ1) is 15.1. The number of nitrogens with zero attached hydrogens (tertiary/aromatic N) is 3. The number of ether oxygens (including phenoxy) is 2. The molecule has 0 bridgehead atoms. The van der Waals surface area contributed by atoms with Crippen LogP contribution >= 0.6 is 0 Å². The van der Waals surface area contributed by atoms with Gasteiger partial charge in [-0.15, -0.1) is 0 Å². The van der Waals surface area contributed by atoms with Crippen molar-refractivity contribution in [3.05, 3.63) is 95.1 Å². The molecule has 0 atom stereocenters. The van der Waals surface area contributed by atoms with Gasteiger partial charge in [0.25, 0.3) is 0 Å². The second kappa shape index (κ2) is 13.0. The molecule has 7 heteroatoms. The summed E-state index contributed by atoms with van der Waals surface area (Å²) in [7, 11) is 4.59. The van der Waals surface area contributed by atoms with Crippen LogP contribution in [-0.4, -0.2) is 48.5 Å². The van der Waals surface area contributed by atoms with E-state index in [0.717, 1.165) is 23.2 Å². The second-order valence-electron chi connectivity index (χ2n) is 6.72. The van der Waals surface area contributed by atoms with Gasteiger partial charge in [-0.05, 0) is 29.8 Å². The molecule has 31 heavy (non-hydrogen) atoms. The van der Waals surface area contributed by atoms with Gasteiger partial charge in [-0.25, -0.2) is 14.8 Å². The smallest absolute Gasteiger partial charge is 0.356 e. The van der Waals surface area contributed by atoms with Gasteiger partial charge in [-0.2, -0.15) is 0 Å². The number of methoxy groups -OCH3 is 2. The molecule has 0 saturated carbocycles. The zero-order valence-electron chi connectivity index (χ0n) is 18.0. The number of esters is 1. The molecule has 0 unspecified atom stereocenters. The third kappa shape index (κ3) is 8.08. The highest BCUT2D eigenvalue weighted by Gasteiger charge is 2.13. The van der Waals surface area contributed by atoms with E-state index in [4.69, 9.17) is 4.74 Å². The summed E-state index contributed by atoms with van der Waals surface area (Å²) in [6.07, 6.45) is 0.742. The number of carbonyl (C=O) groups excluding carboxylic acids is 2. The fourth-order valence-corrected chi connectivity index (χ4v) is 2.91. The molecule has 0 aliphatic carbocycles. The lowest BCUT2D eigenvalue weighted by molar-refractivity contribution is 0.0593. The Bertz CT molecular complexity index is 964. The highest BCUT2D eigenvalue weighted by Crippen LogP contribution is 2.13. The van der Waals surface area contributed by atoms with Crippen molar-refractivity contribution in [2.75, 3.05) is 21.3 Å². The highest BCUT2D eigenvalue weighted by atomic mass is 16.5. The quantitative estimate of drug-likeness (QED) is 0.406. The van der Waals surface area contributed by atoms with Crippen LogP contribution in [0, 0.1) is 0 Å². The van der Waals surface area contributed by atoms with Crippen molar-refractivity contribution in [2.45, 2.75) is 19.6 Å². The third-order valence-electron chi connectivity index (χ3n) is 4.17. The van der Waals surface area contributed by atoms with Crippen LogP contribution in [-0.2, 0) is 29.1 Å². The minimum atomic E-state index is -0.461. The van der Waals surface area contributed by atoms with Crippen LogP contribution in [0.25, 0.3) is 0 Å². The maximum absolute atomic E-state index is 11.8. The maximum atomic E-state index is 11.8. The Morgan fingerprint density at radius 1 is 0.839 bits per heavy atom. The molecule has 2 heterocycles. The van der Waals surface area contributed by atoms with E-state index in [1.54, 1.807) is 32.4 Å². The Hall–Kier alpha value is -3.42. The minimum Gasteiger partial charge on any atom is -0.464 e. The van der Waals surface area contributed by atoms with E-state index in [1.807, 2.05) is 36.4 Å². The summed E-state index contributed by atoms with van der Waals surface area (Å²) in [5.74, 6) is -0.461. The summed E-state index contributed by atoms with van der Waals surface area (Å²) in [6.45, 7) is 1.74. The minimum absolute atomic E-state index is 0.278. The highest BCUT2D eigenvalue weighted by molar-refractivity contribution is 5.87. The first-order valence-electron chi connectivity index (χ1n) is 9.71. The predicted octanol–water partition coefficient (Wildman–Crippen LogP) is 3.54. The largest absolute Gasteiger partial charge is 0.464 e. The number of carbonyl (C=O) groups is 2. The number of hydrogen-bond donors (Lipinski definition) is 0. The number of pyridine rings is 2. The van der Waals surface area contributed by atoms with E-state index in [1.165, 1.54) is 7.11 Å². The van der Waals surface area contributed by atoms with Crippen LogP contribution in [0.3, 0.4) is 0 Å². The molecule has 3 aromatic rings. The molecule has 0 saturated heterocycles. The normalized spacial score (nSPS) is 10.2. The topological polar surface area (TPSA) is 81.6 Å². The van der Waals surface area contributed by atoms with Crippen molar-refractivity contribution in [1.82, 2.24) is 14.9 Å². The van der Waals surface area contributed by atoms with E-state index < -0.39 is 5.97 Å². The fourth-order valence-electron chi connectivity index (χ4n) is 2.91. The van der Waals surface area contributed by atoms with Crippen molar-refractivity contribution in [1.29, 1.82) is 0 Å². The van der Waals surface area contributed by atoms with E-state index in [2.05, 4.69) is 31.7 Å². The SMILES string of the molecule is COC.COC(=O)c1cccc(CN(Cc2ccccc2)Cc2cccc(C=O)n2)n1. The Morgan fingerprint density at radius 2 is 1.45 bits per heavy atom. The van der Waals surface area contributed by atoms with Gasteiger partial charge in [0.05, 0.1) is 18.5 Å². The van der Waals surface area contributed by atoms with E-state index >= 15 is 0 Å². The van der Waals surface area contributed by atoms with Crippen molar-refractivity contribution in [3.63, 3.8) is 0 Å². The van der Waals surface area contributed by atoms with Gasteiger partial charge in [0, 0.05) is 33.9 Å². The molecule has 0 radical (unpaired) electrons. The molecule has 0 aliphatic rings. The molecule has 0 fully saturated rings. The van der Waals surface area contributed by atoms with Crippen LogP contribution in [0.4, 0.5) is 0 Å². The molecule has 1 aromatic carbocycles. The van der Waals surface area contributed by atoms with Crippen LogP contribution in [0.15, 0.2) is 66.7 Å². The number of rotatable bonds is 8. The van der Waals surface area contributed by atoms with E-state index in [0.29, 0.717) is 25.3 Å². The molecule has 0 aliphatic heterocycles. The van der Waals surface area contributed by atoms with Gasteiger partial charge < -0.3 is 9.47 Å². The van der Waals surface area contributed by atoms with Crippen molar-refractivity contribution < 1.29 is 19.1 Å². The summed E-state index contributed by atoms with van der Waals surface area (Å²) < 4.78 is 9.00. The van der Waals surface area contributed by atoms with Gasteiger partial charge >= 0.3 is 5.97 Å². The summed E-state index contributed by atoms with van der Waals surface area (Å²) in [5.41, 5.74) is 3.39. The first-order valence-corrected chi connectivity index (χ1v) is 9.71. The van der Waals surface area contributed by atoms with Crippen LogP contribution < -0.4 is 0 Å². The molecule has 0 spiro atoms. The number of hydrogen-bond acceptors (Lipinski definition) is 7. The van der Waals surface area contributed by atoms with Gasteiger partial charge in [0.2, 0.25) is 0 Å². The van der Waals surface area contributed by atoms with Crippen LogP contribution in [0.5, 0.6) is 0 Å². The number of benzene rings is 1. The molecular weight excluding hydrogens is 394 g/mol. The molecule has 162 valence electrons. The summed E-state index contributed by atoms with van der Waals surface area (Å²) in [6, 6.07) is 20.8. The van der Waals surface area contributed by atoms with Crippen molar-refractivity contribution in [3.8, 4) is 0 Å².